The third kappa shape index (κ3) is 3.63. The lowest BCUT2D eigenvalue weighted by Crippen LogP contribution is -2.29. The molecule has 15 heavy (non-hydrogen) atoms. The van der Waals surface area contributed by atoms with E-state index >= 15 is 0 Å². The lowest BCUT2D eigenvalue weighted by atomic mass is 10.2. The van der Waals surface area contributed by atoms with Crippen LogP contribution in [0, 0.1) is 5.82 Å². The number of hydrogen-bond donors (Lipinski definition) is 1. The summed E-state index contributed by atoms with van der Waals surface area (Å²) < 4.78 is 13.1. The molecule has 1 atom stereocenters. The van der Waals surface area contributed by atoms with Crippen LogP contribution >= 0.6 is 23.2 Å². The SMILES string of the molecule is CCC(CCl)NCc1cccc(F)c1Cl. The summed E-state index contributed by atoms with van der Waals surface area (Å²) in [6.07, 6.45) is 0.941. The summed E-state index contributed by atoms with van der Waals surface area (Å²) in [6.45, 7) is 2.59. The molecule has 0 radical (unpaired) electrons. The molecular weight excluding hydrogens is 236 g/mol. The molecule has 1 nitrogen and oxygen atoms in total. The van der Waals surface area contributed by atoms with E-state index in [0.717, 1.165) is 12.0 Å². The monoisotopic (exact) mass is 249 g/mol. The van der Waals surface area contributed by atoms with Crippen molar-refractivity contribution in [2.45, 2.75) is 25.9 Å². The maximum Gasteiger partial charge on any atom is 0.142 e. The van der Waals surface area contributed by atoms with Gasteiger partial charge in [0.1, 0.15) is 5.82 Å². The molecule has 1 rings (SSSR count). The van der Waals surface area contributed by atoms with Crippen molar-refractivity contribution < 1.29 is 4.39 Å². The molecule has 0 aliphatic heterocycles. The number of hydrogen-bond acceptors (Lipinski definition) is 1. The smallest absolute Gasteiger partial charge is 0.142 e. The van der Waals surface area contributed by atoms with Crippen molar-refractivity contribution in [2.75, 3.05) is 5.88 Å². The number of halogens is 3. The van der Waals surface area contributed by atoms with E-state index in [1.165, 1.54) is 6.07 Å². The summed E-state index contributed by atoms with van der Waals surface area (Å²) >= 11 is 11.6. The summed E-state index contributed by atoms with van der Waals surface area (Å²) in [5.41, 5.74) is 0.764. The van der Waals surface area contributed by atoms with Crippen LogP contribution in [-0.2, 0) is 6.54 Å². The van der Waals surface area contributed by atoms with Crippen LogP contribution in [0.3, 0.4) is 0 Å². The van der Waals surface area contributed by atoms with E-state index in [1.807, 2.05) is 6.92 Å². The van der Waals surface area contributed by atoms with Crippen molar-refractivity contribution in [1.82, 2.24) is 5.32 Å². The first-order valence-corrected chi connectivity index (χ1v) is 5.82. The maximum atomic E-state index is 13.1. The fourth-order valence-electron chi connectivity index (χ4n) is 1.25. The molecule has 0 bridgehead atoms. The highest BCUT2D eigenvalue weighted by atomic mass is 35.5. The molecule has 0 heterocycles. The summed E-state index contributed by atoms with van der Waals surface area (Å²) in [5, 5.41) is 3.41. The highest BCUT2D eigenvalue weighted by Crippen LogP contribution is 2.19. The molecule has 0 saturated heterocycles. The van der Waals surface area contributed by atoms with Crippen molar-refractivity contribution in [3.05, 3.63) is 34.6 Å². The molecule has 4 heteroatoms. The summed E-state index contributed by atoms with van der Waals surface area (Å²) in [5.74, 6) is 0.165. The van der Waals surface area contributed by atoms with Gasteiger partial charge in [0.2, 0.25) is 0 Å². The lowest BCUT2D eigenvalue weighted by Gasteiger charge is -2.14. The summed E-state index contributed by atoms with van der Waals surface area (Å²) in [4.78, 5) is 0. The zero-order valence-electron chi connectivity index (χ0n) is 8.56. The van der Waals surface area contributed by atoms with Gasteiger partial charge < -0.3 is 5.32 Å². The Morgan fingerprint density at radius 1 is 1.47 bits per heavy atom. The molecule has 0 amide bonds. The van der Waals surface area contributed by atoms with Crippen LogP contribution < -0.4 is 5.32 Å². The Bertz CT molecular complexity index is 313. The average molecular weight is 250 g/mol. The van der Waals surface area contributed by atoms with Gasteiger partial charge in [0.05, 0.1) is 5.02 Å². The zero-order valence-corrected chi connectivity index (χ0v) is 10.1. The van der Waals surface area contributed by atoms with Crippen molar-refractivity contribution >= 4 is 23.2 Å². The van der Waals surface area contributed by atoms with Gasteiger partial charge in [-0.25, -0.2) is 4.39 Å². The number of benzene rings is 1. The van der Waals surface area contributed by atoms with Crippen molar-refractivity contribution in [2.24, 2.45) is 0 Å². The Kier molecular flexibility index (Phi) is 5.37. The largest absolute Gasteiger partial charge is 0.309 e. The van der Waals surface area contributed by atoms with Gasteiger partial charge in [-0.15, -0.1) is 11.6 Å². The Morgan fingerprint density at radius 2 is 2.20 bits per heavy atom. The first-order valence-electron chi connectivity index (χ1n) is 4.91. The molecule has 0 spiro atoms. The van der Waals surface area contributed by atoms with Crippen molar-refractivity contribution in [3.63, 3.8) is 0 Å². The topological polar surface area (TPSA) is 12.0 Å². The highest BCUT2D eigenvalue weighted by Gasteiger charge is 2.08. The Balaban J connectivity index is 2.61. The maximum absolute atomic E-state index is 13.1. The van der Waals surface area contributed by atoms with Crippen LogP contribution in [-0.4, -0.2) is 11.9 Å². The van der Waals surface area contributed by atoms with E-state index in [-0.39, 0.29) is 16.9 Å². The van der Waals surface area contributed by atoms with E-state index in [1.54, 1.807) is 12.1 Å². The molecule has 0 aliphatic carbocycles. The van der Waals surface area contributed by atoms with Crippen LogP contribution in [0.15, 0.2) is 18.2 Å². The Morgan fingerprint density at radius 3 is 2.80 bits per heavy atom. The second-order valence-corrected chi connectivity index (χ2v) is 4.04. The molecule has 84 valence electrons. The van der Waals surface area contributed by atoms with E-state index < -0.39 is 0 Å². The van der Waals surface area contributed by atoms with Gasteiger partial charge in [-0.05, 0) is 18.1 Å². The zero-order chi connectivity index (χ0) is 11.3. The van der Waals surface area contributed by atoms with Gasteiger partial charge in [-0.2, -0.15) is 0 Å². The number of rotatable bonds is 5. The van der Waals surface area contributed by atoms with Crippen molar-refractivity contribution in [3.8, 4) is 0 Å². The van der Waals surface area contributed by atoms with Gasteiger partial charge in [0.25, 0.3) is 0 Å². The molecule has 0 aromatic heterocycles. The van der Waals surface area contributed by atoms with Crippen LogP contribution in [0.25, 0.3) is 0 Å². The second-order valence-electron chi connectivity index (χ2n) is 3.35. The molecule has 1 unspecified atom stereocenters. The van der Waals surface area contributed by atoms with Crippen molar-refractivity contribution in [1.29, 1.82) is 0 Å². The molecule has 0 fully saturated rings. The van der Waals surface area contributed by atoms with Gasteiger partial charge >= 0.3 is 0 Å². The Labute approximate surface area is 99.6 Å². The van der Waals surface area contributed by atoms with Crippen LogP contribution in [0.5, 0.6) is 0 Å². The van der Waals surface area contributed by atoms with E-state index in [2.05, 4.69) is 5.32 Å². The van der Waals surface area contributed by atoms with Gasteiger partial charge in [0, 0.05) is 18.5 Å². The van der Waals surface area contributed by atoms with Gasteiger partial charge in [0.15, 0.2) is 0 Å². The third-order valence-electron chi connectivity index (χ3n) is 2.29. The first-order chi connectivity index (χ1) is 7.19. The fraction of sp³-hybridized carbons (Fsp3) is 0.455. The molecule has 0 saturated carbocycles. The molecule has 0 aliphatic rings. The average Bonchev–Trinajstić information content (AvgIpc) is 2.25. The minimum absolute atomic E-state index is 0.189. The first kappa shape index (κ1) is 12.8. The van der Waals surface area contributed by atoms with Crippen LogP contribution in [0.1, 0.15) is 18.9 Å². The van der Waals surface area contributed by atoms with E-state index in [9.17, 15) is 4.39 Å². The van der Waals surface area contributed by atoms with Gasteiger partial charge in [-0.3, -0.25) is 0 Å². The van der Waals surface area contributed by atoms with Crippen LogP contribution in [0.4, 0.5) is 4.39 Å². The summed E-state index contributed by atoms with van der Waals surface area (Å²) in [6, 6.07) is 5.05. The van der Waals surface area contributed by atoms with Gasteiger partial charge in [-0.1, -0.05) is 30.7 Å². The Hall–Kier alpha value is -0.310. The number of nitrogens with one attached hydrogen (secondary N) is 1. The molecule has 1 aromatic rings. The highest BCUT2D eigenvalue weighted by molar-refractivity contribution is 6.31. The predicted octanol–water partition coefficient (Wildman–Crippen LogP) is 3.59. The fourth-order valence-corrected chi connectivity index (χ4v) is 1.77. The van der Waals surface area contributed by atoms with E-state index in [4.69, 9.17) is 23.2 Å². The molecule has 1 N–H and O–H groups in total. The minimum Gasteiger partial charge on any atom is -0.309 e. The predicted molar refractivity (Wildman–Crippen MR) is 63.0 cm³/mol. The third-order valence-corrected chi connectivity index (χ3v) is 3.09. The molecule has 1 aromatic carbocycles. The minimum atomic E-state index is -0.380. The standard InChI is InChI=1S/C11H14Cl2FN/c1-2-9(6-12)15-7-8-4-3-5-10(14)11(8)13/h3-5,9,15H,2,6-7H2,1H3. The van der Waals surface area contributed by atoms with E-state index in [0.29, 0.717) is 12.4 Å². The normalized spacial score (nSPS) is 12.8. The molecular formula is C11H14Cl2FN. The quantitative estimate of drug-likeness (QED) is 0.787. The summed E-state index contributed by atoms with van der Waals surface area (Å²) in [7, 11) is 0. The second kappa shape index (κ2) is 6.31. The number of alkyl halides is 1. The van der Waals surface area contributed by atoms with Crippen LogP contribution in [0.2, 0.25) is 5.02 Å². The lowest BCUT2D eigenvalue weighted by molar-refractivity contribution is 0.536.